The lowest BCUT2D eigenvalue weighted by Gasteiger charge is -2.26. The Morgan fingerprint density at radius 3 is 1.89 bits per heavy atom. The predicted octanol–water partition coefficient (Wildman–Crippen LogP) is 2.84. The van der Waals surface area contributed by atoms with E-state index in [0.717, 1.165) is 25.0 Å². The third-order valence-electron chi connectivity index (χ3n) is 3.55. The average Bonchev–Trinajstić information content (AvgIpc) is 2.34. The summed E-state index contributed by atoms with van der Waals surface area (Å²) in [5.41, 5.74) is 0. The van der Waals surface area contributed by atoms with Crippen molar-refractivity contribution in [2.75, 3.05) is 36.5 Å². The van der Waals surface area contributed by atoms with Crippen LogP contribution in [0.4, 0.5) is 0 Å². The van der Waals surface area contributed by atoms with Crippen LogP contribution in [0.3, 0.4) is 0 Å². The molecule has 0 saturated carbocycles. The number of hydrogen-bond acceptors (Lipinski definition) is 3. The van der Waals surface area contributed by atoms with Gasteiger partial charge in [-0.1, -0.05) is 48.0 Å². The molecule has 108 valence electrons. The lowest BCUT2D eigenvalue weighted by Crippen LogP contribution is -2.40. The highest BCUT2D eigenvalue weighted by Gasteiger charge is 2.20. The lowest BCUT2D eigenvalue weighted by atomic mass is 10.1. The van der Waals surface area contributed by atoms with Gasteiger partial charge in [-0.05, 0) is 19.4 Å². The highest BCUT2D eigenvalue weighted by atomic mass is 79.9. The molecule has 0 aromatic heterocycles. The number of rotatable bonds is 9. The molecule has 0 amide bonds. The molecule has 0 aliphatic carbocycles. The van der Waals surface area contributed by atoms with Gasteiger partial charge in [-0.15, -0.1) is 0 Å². The van der Waals surface area contributed by atoms with Crippen molar-refractivity contribution in [2.24, 2.45) is 0 Å². The zero-order valence-corrected chi connectivity index (χ0v) is 13.6. The zero-order valence-electron chi connectivity index (χ0n) is 11.2. The van der Waals surface area contributed by atoms with Crippen molar-refractivity contribution < 1.29 is 8.42 Å². The minimum atomic E-state index is -2.71. The second kappa shape index (κ2) is 9.32. The molecule has 5 heteroatoms. The summed E-state index contributed by atoms with van der Waals surface area (Å²) in [6.45, 7) is 2.57. The number of hydrogen-bond donors (Lipinski definition) is 0. The van der Waals surface area contributed by atoms with Crippen molar-refractivity contribution in [3.8, 4) is 0 Å². The van der Waals surface area contributed by atoms with E-state index >= 15 is 0 Å². The molecular formula is C13H26BrNO2S. The van der Waals surface area contributed by atoms with Gasteiger partial charge in [0.1, 0.15) is 0 Å². The van der Waals surface area contributed by atoms with Crippen LogP contribution < -0.4 is 0 Å². The first-order chi connectivity index (χ1) is 8.64. The Morgan fingerprint density at radius 2 is 1.33 bits per heavy atom. The van der Waals surface area contributed by atoms with E-state index in [9.17, 15) is 8.42 Å². The zero-order chi connectivity index (χ0) is 13.3. The quantitative estimate of drug-likeness (QED) is 0.478. The van der Waals surface area contributed by atoms with E-state index in [1.165, 1.54) is 44.9 Å². The highest BCUT2D eigenvalue weighted by Crippen LogP contribution is 2.10. The molecule has 0 atom stereocenters. The van der Waals surface area contributed by atoms with Gasteiger partial charge in [-0.3, -0.25) is 0 Å². The van der Waals surface area contributed by atoms with Gasteiger partial charge in [-0.2, -0.15) is 0 Å². The normalized spacial score (nSPS) is 20.1. The molecule has 0 bridgehead atoms. The molecule has 0 aromatic carbocycles. The van der Waals surface area contributed by atoms with Crippen LogP contribution in [0.25, 0.3) is 0 Å². The van der Waals surface area contributed by atoms with Crippen molar-refractivity contribution in [2.45, 2.75) is 44.9 Å². The number of halogens is 1. The number of alkyl halides is 1. The van der Waals surface area contributed by atoms with E-state index in [-0.39, 0.29) is 0 Å². The van der Waals surface area contributed by atoms with Gasteiger partial charge in [0.15, 0.2) is 9.84 Å². The summed E-state index contributed by atoms with van der Waals surface area (Å²) < 4.78 is 22.5. The fraction of sp³-hybridized carbons (Fsp3) is 1.00. The Kier molecular flexibility index (Phi) is 8.51. The molecule has 18 heavy (non-hydrogen) atoms. The van der Waals surface area contributed by atoms with Gasteiger partial charge in [0.25, 0.3) is 0 Å². The van der Waals surface area contributed by atoms with Gasteiger partial charge in [0, 0.05) is 18.4 Å². The van der Waals surface area contributed by atoms with Crippen LogP contribution in [0.2, 0.25) is 0 Å². The molecule has 0 radical (unpaired) electrons. The van der Waals surface area contributed by atoms with Crippen molar-refractivity contribution in [1.29, 1.82) is 0 Å². The van der Waals surface area contributed by atoms with E-state index in [0.29, 0.717) is 11.5 Å². The fourth-order valence-corrected chi connectivity index (χ4v) is 3.96. The Balaban J connectivity index is 1.90. The van der Waals surface area contributed by atoms with E-state index in [1.807, 2.05) is 0 Å². The van der Waals surface area contributed by atoms with Gasteiger partial charge in [0.05, 0.1) is 11.5 Å². The number of unbranched alkanes of at least 4 members (excludes halogenated alkanes) is 6. The maximum absolute atomic E-state index is 11.3. The van der Waals surface area contributed by atoms with Crippen LogP contribution in [-0.2, 0) is 9.84 Å². The van der Waals surface area contributed by atoms with Crippen molar-refractivity contribution in [3.05, 3.63) is 0 Å². The smallest absolute Gasteiger partial charge is 0.152 e. The summed E-state index contributed by atoms with van der Waals surface area (Å²) in [6, 6.07) is 0. The minimum Gasteiger partial charge on any atom is -0.301 e. The standard InChI is InChI=1S/C13H26BrNO2S/c14-8-6-4-2-1-3-5-7-9-15-10-12-18(16,17)13-11-15/h1-13H2. The van der Waals surface area contributed by atoms with Crippen LogP contribution >= 0.6 is 15.9 Å². The Bertz CT molecular complexity index is 292. The van der Waals surface area contributed by atoms with Crippen LogP contribution in [-0.4, -0.2) is 49.8 Å². The summed E-state index contributed by atoms with van der Waals surface area (Å²) in [4.78, 5) is 2.30. The number of sulfone groups is 1. The average molecular weight is 340 g/mol. The molecule has 1 saturated heterocycles. The summed E-state index contributed by atoms with van der Waals surface area (Å²) in [6.07, 6.45) is 9.18. The number of nitrogens with zero attached hydrogens (tertiary/aromatic N) is 1. The summed E-state index contributed by atoms with van der Waals surface area (Å²) in [7, 11) is -2.71. The molecule has 0 unspecified atom stereocenters. The Hall–Kier alpha value is 0.390. The van der Waals surface area contributed by atoms with Gasteiger partial charge in [0.2, 0.25) is 0 Å². The lowest BCUT2D eigenvalue weighted by molar-refractivity contribution is 0.287. The molecule has 1 heterocycles. The molecule has 0 aromatic rings. The van der Waals surface area contributed by atoms with Crippen LogP contribution in [0.15, 0.2) is 0 Å². The van der Waals surface area contributed by atoms with Gasteiger partial charge >= 0.3 is 0 Å². The van der Waals surface area contributed by atoms with Crippen molar-refractivity contribution in [3.63, 3.8) is 0 Å². The van der Waals surface area contributed by atoms with Gasteiger partial charge in [-0.25, -0.2) is 8.42 Å². The molecule has 1 aliphatic rings. The SMILES string of the molecule is O=S1(=O)CCN(CCCCCCCCCBr)CC1. The Morgan fingerprint density at radius 1 is 0.833 bits per heavy atom. The van der Waals surface area contributed by atoms with Crippen LogP contribution in [0, 0.1) is 0 Å². The minimum absolute atomic E-state index is 0.361. The topological polar surface area (TPSA) is 37.4 Å². The first-order valence-corrected chi connectivity index (χ1v) is 10.1. The summed E-state index contributed by atoms with van der Waals surface area (Å²) in [5.74, 6) is 0.721. The monoisotopic (exact) mass is 339 g/mol. The first kappa shape index (κ1) is 16.4. The molecule has 0 spiro atoms. The maximum atomic E-state index is 11.3. The van der Waals surface area contributed by atoms with E-state index in [1.54, 1.807) is 0 Å². The second-order valence-corrected chi connectivity index (χ2v) is 8.25. The largest absolute Gasteiger partial charge is 0.301 e. The third kappa shape index (κ3) is 7.74. The third-order valence-corrected chi connectivity index (χ3v) is 5.71. The predicted molar refractivity (Wildman–Crippen MR) is 81.2 cm³/mol. The highest BCUT2D eigenvalue weighted by molar-refractivity contribution is 9.09. The van der Waals surface area contributed by atoms with Crippen LogP contribution in [0.5, 0.6) is 0 Å². The first-order valence-electron chi connectivity index (χ1n) is 7.13. The van der Waals surface area contributed by atoms with E-state index in [4.69, 9.17) is 0 Å². The van der Waals surface area contributed by atoms with Crippen LogP contribution in [0.1, 0.15) is 44.9 Å². The molecule has 3 nitrogen and oxygen atoms in total. The molecule has 1 rings (SSSR count). The van der Waals surface area contributed by atoms with E-state index in [2.05, 4.69) is 20.8 Å². The molecule has 1 fully saturated rings. The summed E-state index contributed by atoms with van der Waals surface area (Å²) >= 11 is 3.45. The maximum Gasteiger partial charge on any atom is 0.152 e. The van der Waals surface area contributed by atoms with Gasteiger partial charge < -0.3 is 4.90 Å². The van der Waals surface area contributed by atoms with Crippen molar-refractivity contribution >= 4 is 25.8 Å². The second-order valence-electron chi connectivity index (χ2n) is 5.16. The fourth-order valence-electron chi connectivity index (χ4n) is 2.29. The Labute approximate surface area is 120 Å². The molecular weight excluding hydrogens is 314 g/mol. The van der Waals surface area contributed by atoms with E-state index < -0.39 is 9.84 Å². The molecule has 1 aliphatic heterocycles. The summed E-state index contributed by atoms with van der Waals surface area (Å²) in [5, 5.41) is 1.13. The van der Waals surface area contributed by atoms with Crippen molar-refractivity contribution in [1.82, 2.24) is 4.90 Å². The molecule has 0 N–H and O–H groups in total.